The maximum atomic E-state index is 13.1. The fourth-order valence-corrected chi connectivity index (χ4v) is 2.27. The zero-order chi connectivity index (χ0) is 14.8. The van der Waals surface area contributed by atoms with Crippen LogP contribution in [0.5, 0.6) is 0 Å². The number of halogens is 4. The molecule has 0 saturated heterocycles. The molecule has 0 atom stereocenters. The smallest absolute Gasteiger partial charge is 0.378 e. The Labute approximate surface area is 115 Å². The lowest BCUT2D eigenvalue weighted by Gasteiger charge is -2.35. The van der Waals surface area contributed by atoms with E-state index in [-0.39, 0.29) is 12.1 Å². The minimum atomic E-state index is -4.66. The van der Waals surface area contributed by atoms with Gasteiger partial charge in [0.25, 0.3) is 0 Å². The molecule has 2 nitrogen and oxygen atoms in total. The first-order valence-electron chi connectivity index (χ1n) is 6.60. The molecule has 0 amide bonds. The van der Waals surface area contributed by atoms with Gasteiger partial charge in [-0.05, 0) is 37.5 Å². The first-order chi connectivity index (χ1) is 9.40. The molecule has 6 heteroatoms. The molecule has 0 spiro atoms. The first-order valence-corrected chi connectivity index (χ1v) is 6.60. The minimum absolute atomic E-state index is 0.247. The maximum Gasteiger partial charge on any atom is 0.419 e. The van der Waals surface area contributed by atoms with Gasteiger partial charge in [0, 0.05) is 19.2 Å². The van der Waals surface area contributed by atoms with Gasteiger partial charge in [-0.3, -0.25) is 0 Å². The molecule has 0 radical (unpaired) electrons. The van der Waals surface area contributed by atoms with E-state index in [1.54, 1.807) is 0 Å². The highest BCUT2D eigenvalue weighted by Gasteiger charge is 2.34. The molecule has 1 saturated carbocycles. The van der Waals surface area contributed by atoms with E-state index in [1.807, 2.05) is 6.92 Å². The van der Waals surface area contributed by atoms with Crippen LogP contribution < -0.4 is 5.32 Å². The van der Waals surface area contributed by atoms with Crippen LogP contribution in [-0.2, 0) is 17.5 Å². The lowest BCUT2D eigenvalue weighted by atomic mass is 9.89. The van der Waals surface area contributed by atoms with Gasteiger partial charge in [-0.15, -0.1) is 0 Å². The van der Waals surface area contributed by atoms with Crippen molar-refractivity contribution in [2.24, 2.45) is 0 Å². The van der Waals surface area contributed by atoms with Gasteiger partial charge < -0.3 is 10.1 Å². The van der Waals surface area contributed by atoms with Crippen LogP contribution >= 0.6 is 0 Å². The Bertz CT molecular complexity index is 455. The molecule has 1 fully saturated rings. The van der Waals surface area contributed by atoms with E-state index in [4.69, 9.17) is 4.74 Å². The highest BCUT2D eigenvalue weighted by molar-refractivity contribution is 5.27. The number of hydrogen-bond acceptors (Lipinski definition) is 2. The van der Waals surface area contributed by atoms with Gasteiger partial charge in [0.05, 0.1) is 11.7 Å². The second-order valence-electron chi connectivity index (χ2n) is 4.94. The summed E-state index contributed by atoms with van der Waals surface area (Å²) in [5.41, 5.74) is -0.781. The molecule has 2 rings (SSSR count). The number of rotatable bonds is 5. The van der Waals surface area contributed by atoms with E-state index in [0.29, 0.717) is 18.7 Å². The summed E-state index contributed by atoms with van der Waals surface area (Å²) in [6.07, 6.45) is -2.68. The summed E-state index contributed by atoms with van der Waals surface area (Å²) in [7, 11) is 0. The van der Waals surface area contributed by atoms with E-state index in [1.165, 1.54) is 6.07 Å². The van der Waals surface area contributed by atoms with Crippen LogP contribution in [0.2, 0.25) is 0 Å². The lowest BCUT2D eigenvalue weighted by molar-refractivity contribution is -0.140. The number of ether oxygens (including phenoxy) is 1. The summed E-state index contributed by atoms with van der Waals surface area (Å²) >= 11 is 0. The molecule has 112 valence electrons. The standard InChI is InChI=1S/C14H17F4NO/c1-2-20-11-6-10(7-11)19-8-9-3-4-13(15)12(5-9)14(16,17)18/h3-5,10-11,19H,2,6-8H2,1H3. The Kier molecular flexibility index (Phi) is 4.65. The maximum absolute atomic E-state index is 13.1. The average Bonchev–Trinajstić information content (AvgIpc) is 2.32. The van der Waals surface area contributed by atoms with E-state index in [2.05, 4.69) is 5.32 Å². The van der Waals surface area contributed by atoms with Crippen molar-refractivity contribution in [3.8, 4) is 0 Å². The monoisotopic (exact) mass is 291 g/mol. The summed E-state index contributed by atoms with van der Waals surface area (Å²) in [6.45, 7) is 2.90. The highest BCUT2D eigenvalue weighted by Crippen LogP contribution is 2.32. The van der Waals surface area contributed by atoms with Crippen molar-refractivity contribution >= 4 is 0 Å². The number of alkyl halides is 3. The normalized spacial score (nSPS) is 22.6. The topological polar surface area (TPSA) is 21.3 Å². The molecule has 0 unspecified atom stereocenters. The lowest BCUT2D eigenvalue weighted by Crippen LogP contribution is -2.45. The van der Waals surface area contributed by atoms with Gasteiger partial charge in [-0.1, -0.05) is 6.07 Å². The summed E-state index contributed by atoms with van der Waals surface area (Å²) in [4.78, 5) is 0. The summed E-state index contributed by atoms with van der Waals surface area (Å²) in [5, 5.41) is 3.15. The molecule has 1 aromatic rings. The van der Waals surface area contributed by atoms with Crippen LogP contribution in [0.3, 0.4) is 0 Å². The molecule has 1 aliphatic rings. The van der Waals surface area contributed by atoms with Crippen LogP contribution in [0, 0.1) is 5.82 Å². The predicted octanol–water partition coefficient (Wildman–Crippen LogP) is 3.50. The predicted molar refractivity (Wildman–Crippen MR) is 66.7 cm³/mol. The molecular formula is C14H17F4NO. The molecule has 0 aliphatic heterocycles. The molecule has 1 aliphatic carbocycles. The van der Waals surface area contributed by atoms with Crippen LogP contribution in [0.1, 0.15) is 30.9 Å². The molecule has 0 bridgehead atoms. The fourth-order valence-electron chi connectivity index (χ4n) is 2.27. The van der Waals surface area contributed by atoms with Crippen molar-refractivity contribution in [3.05, 3.63) is 35.1 Å². The number of hydrogen-bond donors (Lipinski definition) is 1. The van der Waals surface area contributed by atoms with E-state index in [0.717, 1.165) is 25.0 Å². The Morgan fingerprint density at radius 1 is 1.30 bits per heavy atom. The van der Waals surface area contributed by atoms with E-state index in [9.17, 15) is 17.6 Å². The summed E-state index contributed by atoms with van der Waals surface area (Å²) < 4.78 is 56.2. The first kappa shape index (κ1) is 15.3. The second-order valence-corrected chi connectivity index (χ2v) is 4.94. The SMILES string of the molecule is CCOC1CC(NCc2ccc(F)c(C(F)(F)F)c2)C1. The second kappa shape index (κ2) is 6.10. The fraction of sp³-hybridized carbons (Fsp3) is 0.571. The zero-order valence-electron chi connectivity index (χ0n) is 11.1. The average molecular weight is 291 g/mol. The third-order valence-corrected chi connectivity index (χ3v) is 3.43. The molecule has 0 aromatic heterocycles. The molecule has 1 N–H and O–H groups in total. The van der Waals surface area contributed by atoms with Gasteiger partial charge in [-0.2, -0.15) is 13.2 Å². The van der Waals surface area contributed by atoms with Crippen LogP contribution in [0.15, 0.2) is 18.2 Å². The van der Waals surface area contributed by atoms with Crippen LogP contribution in [0.25, 0.3) is 0 Å². The van der Waals surface area contributed by atoms with Crippen LogP contribution in [-0.4, -0.2) is 18.8 Å². The van der Waals surface area contributed by atoms with E-state index < -0.39 is 17.6 Å². The van der Waals surface area contributed by atoms with Crippen molar-refractivity contribution in [1.82, 2.24) is 5.32 Å². The largest absolute Gasteiger partial charge is 0.419 e. The summed E-state index contributed by atoms with van der Waals surface area (Å²) in [5.74, 6) is -1.23. The third kappa shape index (κ3) is 3.70. The Hall–Kier alpha value is -1.14. The quantitative estimate of drug-likeness (QED) is 0.838. The number of nitrogens with one attached hydrogen (secondary N) is 1. The van der Waals surface area contributed by atoms with Crippen molar-refractivity contribution in [1.29, 1.82) is 0 Å². The molecule has 0 heterocycles. The zero-order valence-corrected chi connectivity index (χ0v) is 11.1. The van der Waals surface area contributed by atoms with Crippen LogP contribution in [0.4, 0.5) is 17.6 Å². The molecule has 1 aromatic carbocycles. The Balaban J connectivity index is 1.88. The van der Waals surface area contributed by atoms with Gasteiger partial charge in [0.2, 0.25) is 0 Å². The van der Waals surface area contributed by atoms with Gasteiger partial charge in [0.15, 0.2) is 0 Å². The van der Waals surface area contributed by atoms with Gasteiger partial charge >= 0.3 is 6.18 Å². The van der Waals surface area contributed by atoms with E-state index >= 15 is 0 Å². The van der Waals surface area contributed by atoms with Gasteiger partial charge in [0.1, 0.15) is 5.82 Å². The third-order valence-electron chi connectivity index (χ3n) is 3.43. The van der Waals surface area contributed by atoms with Gasteiger partial charge in [-0.25, -0.2) is 4.39 Å². The van der Waals surface area contributed by atoms with Crippen molar-refractivity contribution in [2.45, 2.75) is 44.6 Å². The molecule has 20 heavy (non-hydrogen) atoms. The van der Waals surface area contributed by atoms with Crippen molar-refractivity contribution in [3.63, 3.8) is 0 Å². The highest BCUT2D eigenvalue weighted by atomic mass is 19.4. The molecular weight excluding hydrogens is 274 g/mol. The Morgan fingerprint density at radius 3 is 2.60 bits per heavy atom. The van der Waals surface area contributed by atoms with Crippen molar-refractivity contribution in [2.75, 3.05) is 6.61 Å². The van der Waals surface area contributed by atoms with Crippen molar-refractivity contribution < 1.29 is 22.3 Å². The Morgan fingerprint density at radius 2 is 2.00 bits per heavy atom. The summed E-state index contributed by atoms with van der Waals surface area (Å²) in [6, 6.07) is 3.35. The number of benzene rings is 1. The minimum Gasteiger partial charge on any atom is -0.378 e.